The van der Waals surface area contributed by atoms with E-state index in [0.29, 0.717) is 19.8 Å². The highest BCUT2D eigenvalue weighted by Crippen LogP contribution is 2.38. The van der Waals surface area contributed by atoms with Crippen molar-refractivity contribution >= 4 is 5.97 Å². The van der Waals surface area contributed by atoms with Crippen molar-refractivity contribution in [2.24, 2.45) is 0 Å². The first-order chi connectivity index (χ1) is 9.27. The predicted molar refractivity (Wildman–Crippen MR) is 72.3 cm³/mol. The van der Waals surface area contributed by atoms with Crippen molar-refractivity contribution in [3.63, 3.8) is 0 Å². The zero-order valence-electron chi connectivity index (χ0n) is 11.7. The summed E-state index contributed by atoms with van der Waals surface area (Å²) in [4.78, 5) is 12.3. The minimum atomic E-state index is -0.146. The highest BCUT2D eigenvalue weighted by atomic mass is 16.5. The van der Waals surface area contributed by atoms with Crippen LogP contribution in [-0.4, -0.2) is 12.6 Å². The second-order valence-corrected chi connectivity index (χ2v) is 5.19. The number of hydrogen-bond donors (Lipinski definition) is 0. The fourth-order valence-electron chi connectivity index (χ4n) is 3.49. The van der Waals surface area contributed by atoms with Gasteiger partial charge in [0, 0.05) is 0 Å². The Morgan fingerprint density at radius 1 is 1.11 bits per heavy atom. The van der Waals surface area contributed by atoms with Crippen molar-refractivity contribution in [1.29, 1.82) is 0 Å². The number of esters is 1. The van der Waals surface area contributed by atoms with Gasteiger partial charge in [-0.1, -0.05) is 6.92 Å². The van der Waals surface area contributed by atoms with Crippen molar-refractivity contribution in [2.75, 3.05) is 6.61 Å². The minimum Gasteiger partial charge on any atom is -0.462 e. The van der Waals surface area contributed by atoms with Crippen LogP contribution in [0.15, 0.2) is 0 Å². The molecule has 0 fully saturated rings. The number of hydrogen-bond acceptors (Lipinski definition) is 3. The molecule has 3 heteroatoms. The normalized spacial score (nSPS) is 16.3. The number of fused-ring (bicyclic) bond motifs is 3. The average Bonchev–Trinajstić information content (AvgIpc) is 3.04. The maximum Gasteiger partial charge on any atom is 0.338 e. The van der Waals surface area contributed by atoms with Crippen molar-refractivity contribution in [1.82, 2.24) is 0 Å². The third-order valence-electron chi connectivity index (χ3n) is 4.24. The van der Waals surface area contributed by atoms with Gasteiger partial charge in [0.15, 0.2) is 0 Å². The molecule has 1 aliphatic carbocycles. The van der Waals surface area contributed by atoms with Gasteiger partial charge in [0.25, 0.3) is 0 Å². The summed E-state index contributed by atoms with van der Waals surface area (Å²) in [6, 6.07) is 0. The summed E-state index contributed by atoms with van der Waals surface area (Å²) in [5.74, 6) is -0.146. The second kappa shape index (κ2) is 4.97. The van der Waals surface area contributed by atoms with Crippen LogP contribution in [-0.2, 0) is 41.9 Å². The van der Waals surface area contributed by atoms with Crippen LogP contribution in [0.25, 0.3) is 0 Å². The van der Waals surface area contributed by atoms with Crippen molar-refractivity contribution < 1.29 is 14.3 Å². The molecule has 1 aromatic rings. The van der Waals surface area contributed by atoms with Crippen LogP contribution in [0.4, 0.5) is 0 Å². The quantitative estimate of drug-likeness (QED) is 0.784. The number of carbonyl (C=O) groups is 1. The zero-order valence-corrected chi connectivity index (χ0v) is 11.7. The molecule has 19 heavy (non-hydrogen) atoms. The largest absolute Gasteiger partial charge is 0.462 e. The molecule has 1 aliphatic heterocycles. The molecule has 0 radical (unpaired) electrons. The van der Waals surface area contributed by atoms with Gasteiger partial charge in [0.2, 0.25) is 0 Å². The number of benzene rings is 1. The predicted octanol–water partition coefficient (Wildman–Crippen LogP) is 2.94. The van der Waals surface area contributed by atoms with E-state index in [1.807, 2.05) is 6.92 Å². The Labute approximate surface area is 113 Å². The van der Waals surface area contributed by atoms with Crippen LogP contribution in [0.3, 0.4) is 0 Å². The molecule has 0 N–H and O–H groups in total. The highest BCUT2D eigenvalue weighted by molar-refractivity contribution is 5.94. The number of ether oxygens (including phenoxy) is 2. The molecule has 0 bridgehead atoms. The number of carbonyl (C=O) groups excluding carboxylic acids is 1. The van der Waals surface area contributed by atoms with Crippen molar-refractivity contribution in [3.05, 3.63) is 33.4 Å². The first kappa shape index (κ1) is 12.7. The lowest BCUT2D eigenvalue weighted by Gasteiger charge is -2.17. The molecule has 0 atom stereocenters. The molecule has 2 aliphatic rings. The standard InChI is InChI=1S/C16H20O3/c1-3-10-13-8-18-9-14(13)11-6-5-7-12(11)15(10)16(17)19-4-2/h3-9H2,1-2H3. The Bertz CT molecular complexity index is 532. The van der Waals surface area contributed by atoms with E-state index < -0.39 is 0 Å². The summed E-state index contributed by atoms with van der Waals surface area (Å²) in [6.45, 7) is 5.77. The third-order valence-corrected chi connectivity index (χ3v) is 4.24. The lowest BCUT2D eigenvalue weighted by Crippen LogP contribution is -2.14. The van der Waals surface area contributed by atoms with E-state index in [4.69, 9.17) is 9.47 Å². The monoisotopic (exact) mass is 260 g/mol. The van der Waals surface area contributed by atoms with Gasteiger partial charge in [-0.15, -0.1) is 0 Å². The van der Waals surface area contributed by atoms with Crippen LogP contribution < -0.4 is 0 Å². The molecular formula is C16H20O3. The van der Waals surface area contributed by atoms with Gasteiger partial charge in [-0.3, -0.25) is 0 Å². The second-order valence-electron chi connectivity index (χ2n) is 5.19. The summed E-state index contributed by atoms with van der Waals surface area (Å²) in [5, 5.41) is 0. The summed E-state index contributed by atoms with van der Waals surface area (Å²) >= 11 is 0. The zero-order chi connectivity index (χ0) is 13.4. The lowest BCUT2D eigenvalue weighted by molar-refractivity contribution is 0.0523. The summed E-state index contributed by atoms with van der Waals surface area (Å²) in [6.07, 6.45) is 4.09. The Morgan fingerprint density at radius 3 is 2.58 bits per heavy atom. The van der Waals surface area contributed by atoms with Crippen LogP contribution >= 0.6 is 0 Å². The molecule has 1 aromatic carbocycles. The van der Waals surface area contributed by atoms with E-state index >= 15 is 0 Å². The Morgan fingerprint density at radius 2 is 1.84 bits per heavy atom. The molecule has 0 unspecified atom stereocenters. The highest BCUT2D eigenvalue weighted by Gasteiger charge is 2.31. The first-order valence-corrected chi connectivity index (χ1v) is 7.21. The van der Waals surface area contributed by atoms with E-state index in [0.717, 1.165) is 36.8 Å². The molecule has 0 amide bonds. The van der Waals surface area contributed by atoms with Crippen molar-refractivity contribution in [2.45, 2.75) is 52.7 Å². The van der Waals surface area contributed by atoms with E-state index in [1.165, 1.54) is 22.3 Å². The summed E-state index contributed by atoms with van der Waals surface area (Å²) in [7, 11) is 0. The molecule has 102 valence electrons. The van der Waals surface area contributed by atoms with Crippen molar-refractivity contribution in [3.8, 4) is 0 Å². The van der Waals surface area contributed by atoms with Crippen LogP contribution in [0.2, 0.25) is 0 Å². The molecule has 0 saturated carbocycles. The topological polar surface area (TPSA) is 35.5 Å². The molecule has 3 nitrogen and oxygen atoms in total. The van der Waals surface area contributed by atoms with E-state index in [1.54, 1.807) is 0 Å². The smallest absolute Gasteiger partial charge is 0.338 e. The maximum absolute atomic E-state index is 12.3. The fraction of sp³-hybridized carbons (Fsp3) is 0.562. The van der Waals surface area contributed by atoms with Gasteiger partial charge in [0.05, 0.1) is 25.4 Å². The van der Waals surface area contributed by atoms with Gasteiger partial charge in [-0.05, 0) is 60.4 Å². The Hall–Kier alpha value is -1.35. The van der Waals surface area contributed by atoms with Gasteiger partial charge in [0.1, 0.15) is 0 Å². The van der Waals surface area contributed by atoms with Gasteiger partial charge < -0.3 is 9.47 Å². The van der Waals surface area contributed by atoms with E-state index in [2.05, 4.69) is 6.92 Å². The molecule has 0 spiro atoms. The van der Waals surface area contributed by atoms with Gasteiger partial charge in [-0.25, -0.2) is 4.79 Å². The van der Waals surface area contributed by atoms with Crippen LogP contribution in [0.1, 0.15) is 58.4 Å². The van der Waals surface area contributed by atoms with Gasteiger partial charge >= 0.3 is 5.97 Å². The molecular weight excluding hydrogens is 240 g/mol. The maximum atomic E-state index is 12.3. The average molecular weight is 260 g/mol. The number of rotatable bonds is 3. The SMILES string of the molecule is CCOC(=O)c1c(CC)c2c(c3c1CCC3)COC2. The Kier molecular flexibility index (Phi) is 3.31. The fourth-order valence-corrected chi connectivity index (χ4v) is 3.49. The molecule has 0 saturated heterocycles. The van der Waals surface area contributed by atoms with Gasteiger partial charge in [-0.2, -0.15) is 0 Å². The summed E-state index contributed by atoms with van der Waals surface area (Å²) < 4.78 is 10.9. The van der Waals surface area contributed by atoms with Crippen LogP contribution in [0, 0.1) is 0 Å². The minimum absolute atomic E-state index is 0.146. The van der Waals surface area contributed by atoms with E-state index in [-0.39, 0.29) is 5.97 Å². The van der Waals surface area contributed by atoms with Crippen LogP contribution in [0.5, 0.6) is 0 Å². The molecule has 3 rings (SSSR count). The first-order valence-electron chi connectivity index (χ1n) is 7.21. The Balaban J connectivity index is 2.22. The molecule has 0 aromatic heterocycles. The van der Waals surface area contributed by atoms with E-state index in [9.17, 15) is 4.79 Å². The summed E-state index contributed by atoms with van der Waals surface area (Å²) in [5.41, 5.74) is 7.23. The lowest BCUT2D eigenvalue weighted by atomic mass is 9.88. The molecule has 1 heterocycles. The third kappa shape index (κ3) is 1.88.